The molecule has 0 fully saturated rings. The van der Waals surface area contributed by atoms with Crippen LogP contribution in [-0.4, -0.2) is 30.4 Å². The molecule has 0 unspecified atom stereocenters. The average molecular weight is 462 g/mol. The second-order valence-corrected chi connectivity index (χ2v) is 8.84. The molecule has 0 aliphatic rings. The van der Waals surface area contributed by atoms with Gasteiger partial charge in [0.05, 0.1) is 27.5 Å². The summed E-state index contributed by atoms with van der Waals surface area (Å²) in [6, 6.07) is 20.2. The fraction of sp³-hybridized carbons (Fsp3) is 0.0435. The smallest absolute Gasteiger partial charge is 0.269 e. The molecule has 9 nitrogen and oxygen atoms in total. The molecular formula is C23H18N4O5S. The molecule has 0 spiro atoms. The highest BCUT2D eigenvalue weighted by atomic mass is 32.2. The fourth-order valence-corrected chi connectivity index (χ4v) is 4.44. The van der Waals surface area contributed by atoms with E-state index in [1.165, 1.54) is 30.6 Å². The van der Waals surface area contributed by atoms with Gasteiger partial charge in [0.2, 0.25) is 9.84 Å². The van der Waals surface area contributed by atoms with Crippen LogP contribution < -0.4 is 10.1 Å². The topological polar surface area (TPSA) is 124 Å². The summed E-state index contributed by atoms with van der Waals surface area (Å²) in [5, 5.41) is 13.9. The van der Waals surface area contributed by atoms with E-state index in [4.69, 9.17) is 4.74 Å². The number of hydrogen-bond donors (Lipinski definition) is 1. The third-order valence-electron chi connectivity index (χ3n) is 4.84. The molecule has 4 rings (SSSR count). The van der Waals surface area contributed by atoms with Gasteiger partial charge in [-0.15, -0.1) is 0 Å². The zero-order valence-electron chi connectivity index (χ0n) is 17.4. The second kappa shape index (κ2) is 9.05. The van der Waals surface area contributed by atoms with Crippen molar-refractivity contribution in [2.24, 2.45) is 0 Å². The minimum absolute atomic E-state index is 0.0222. The van der Waals surface area contributed by atoms with Crippen LogP contribution in [0, 0.1) is 10.1 Å². The molecule has 166 valence electrons. The average Bonchev–Trinajstić information content (AvgIpc) is 2.84. The molecule has 0 saturated heterocycles. The first kappa shape index (κ1) is 21.9. The zero-order valence-corrected chi connectivity index (χ0v) is 18.2. The summed E-state index contributed by atoms with van der Waals surface area (Å²) in [7, 11) is -2.22. The van der Waals surface area contributed by atoms with Gasteiger partial charge in [-0.3, -0.25) is 10.1 Å². The quantitative estimate of drug-likeness (QED) is 0.311. The van der Waals surface area contributed by atoms with E-state index in [0.29, 0.717) is 22.9 Å². The Hall–Kier alpha value is -4.31. The third-order valence-corrected chi connectivity index (χ3v) is 6.63. The Morgan fingerprint density at radius 2 is 1.55 bits per heavy atom. The van der Waals surface area contributed by atoms with Crippen LogP contribution in [0.25, 0.3) is 11.3 Å². The highest BCUT2D eigenvalue weighted by Gasteiger charge is 2.19. The van der Waals surface area contributed by atoms with Crippen molar-refractivity contribution in [3.8, 4) is 17.0 Å². The summed E-state index contributed by atoms with van der Waals surface area (Å²) in [4.78, 5) is 18.8. The van der Waals surface area contributed by atoms with Gasteiger partial charge in [0, 0.05) is 29.4 Å². The number of para-hydroxylation sites is 1. The summed E-state index contributed by atoms with van der Waals surface area (Å²) >= 11 is 0. The van der Waals surface area contributed by atoms with Crippen molar-refractivity contribution < 1.29 is 18.1 Å². The molecule has 10 heteroatoms. The van der Waals surface area contributed by atoms with E-state index in [1.807, 2.05) is 24.3 Å². The van der Waals surface area contributed by atoms with Crippen molar-refractivity contribution in [1.29, 1.82) is 0 Å². The van der Waals surface area contributed by atoms with Gasteiger partial charge in [-0.25, -0.2) is 18.4 Å². The lowest BCUT2D eigenvalue weighted by Crippen LogP contribution is -2.02. The van der Waals surface area contributed by atoms with Crippen molar-refractivity contribution in [3.63, 3.8) is 0 Å². The standard InChI is InChI=1S/C23H18N4O5S/c1-32-22-5-3-2-4-20(22)21-14-23(25-15-24-21)26-16-6-10-18(11-7-16)33(30,31)19-12-8-17(9-13-19)27(28)29/h2-15H,1H3,(H,24,25,26). The van der Waals surface area contributed by atoms with Crippen molar-refractivity contribution in [1.82, 2.24) is 9.97 Å². The highest BCUT2D eigenvalue weighted by Crippen LogP contribution is 2.30. The number of hydrogen-bond acceptors (Lipinski definition) is 8. The van der Waals surface area contributed by atoms with Gasteiger partial charge in [0.1, 0.15) is 17.9 Å². The minimum Gasteiger partial charge on any atom is -0.496 e. The lowest BCUT2D eigenvalue weighted by Gasteiger charge is -2.10. The number of methoxy groups -OCH3 is 1. The molecule has 0 bridgehead atoms. The van der Waals surface area contributed by atoms with Crippen molar-refractivity contribution >= 4 is 27.0 Å². The molecule has 33 heavy (non-hydrogen) atoms. The number of anilines is 2. The van der Waals surface area contributed by atoms with Crippen LogP contribution in [0.2, 0.25) is 0 Å². The van der Waals surface area contributed by atoms with Crippen LogP contribution in [0.15, 0.2) is 95.0 Å². The molecule has 0 radical (unpaired) electrons. The fourth-order valence-electron chi connectivity index (χ4n) is 3.18. The van der Waals surface area contributed by atoms with Crippen LogP contribution in [0.1, 0.15) is 0 Å². The number of benzene rings is 3. The van der Waals surface area contributed by atoms with Crippen LogP contribution in [0.4, 0.5) is 17.2 Å². The van der Waals surface area contributed by atoms with Gasteiger partial charge >= 0.3 is 0 Å². The van der Waals surface area contributed by atoms with E-state index in [-0.39, 0.29) is 15.5 Å². The molecule has 4 aromatic rings. The first-order valence-corrected chi connectivity index (χ1v) is 11.2. The Labute approximate surface area is 189 Å². The Kier molecular flexibility index (Phi) is 6.01. The second-order valence-electron chi connectivity index (χ2n) is 6.89. The number of non-ortho nitro benzene ring substituents is 1. The summed E-state index contributed by atoms with van der Waals surface area (Å²) < 4.78 is 31.0. The maximum Gasteiger partial charge on any atom is 0.269 e. The van der Waals surface area contributed by atoms with E-state index in [2.05, 4.69) is 15.3 Å². The summed E-state index contributed by atoms with van der Waals surface area (Å²) in [5.74, 6) is 1.21. The largest absolute Gasteiger partial charge is 0.496 e. The van der Waals surface area contributed by atoms with Gasteiger partial charge in [-0.2, -0.15) is 0 Å². The van der Waals surface area contributed by atoms with Gasteiger partial charge < -0.3 is 10.1 Å². The number of nitro benzene ring substituents is 1. The number of nitrogens with one attached hydrogen (secondary N) is 1. The van der Waals surface area contributed by atoms with Crippen LogP contribution in [-0.2, 0) is 9.84 Å². The molecule has 0 amide bonds. The monoisotopic (exact) mass is 462 g/mol. The van der Waals surface area contributed by atoms with E-state index in [0.717, 1.165) is 17.7 Å². The van der Waals surface area contributed by atoms with Gasteiger partial charge in [-0.1, -0.05) is 12.1 Å². The minimum atomic E-state index is -3.81. The third kappa shape index (κ3) is 4.65. The Morgan fingerprint density at radius 3 is 2.18 bits per heavy atom. The number of aromatic nitrogens is 2. The highest BCUT2D eigenvalue weighted by molar-refractivity contribution is 7.91. The number of nitrogens with zero attached hydrogens (tertiary/aromatic N) is 3. The molecule has 0 aliphatic carbocycles. The maximum absolute atomic E-state index is 12.8. The summed E-state index contributed by atoms with van der Waals surface area (Å²) in [6.45, 7) is 0. The van der Waals surface area contributed by atoms with Crippen molar-refractivity contribution in [2.75, 3.05) is 12.4 Å². The predicted molar refractivity (Wildman–Crippen MR) is 122 cm³/mol. The van der Waals surface area contributed by atoms with Gasteiger partial charge in [-0.05, 0) is 48.5 Å². The van der Waals surface area contributed by atoms with Crippen LogP contribution in [0.3, 0.4) is 0 Å². The lowest BCUT2D eigenvalue weighted by atomic mass is 10.1. The molecule has 1 heterocycles. The van der Waals surface area contributed by atoms with Crippen LogP contribution in [0.5, 0.6) is 5.75 Å². The maximum atomic E-state index is 12.8. The Bertz CT molecular complexity index is 1410. The summed E-state index contributed by atoms with van der Waals surface area (Å²) in [6.07, 6.45) is 1.43. The van der Waals surface area contributed by atoms with Crippen molar-refractivity contribution in [2.45, 2.75) is 9.79 Å². The lowest BCUT2D eigenvalue weighted by molar-refractivity contribution is -0.384. The first-order chi connectivity index (χ1) is 15.9. The molecular weight excluding hydrogens is 444 g/mol. The number of ether oxygens (including phenoxy) is 1. The molecule has 0 saturated carbocycles. The molecule has 3 aromatic carbocycles. The molecule has 0 aliphatic heterocycles. The van der Waals surface area contributed by atoms with Crippen molar-refractivity contribution in [3.05, 3.63) is 95.3 Å². The number of rotatable bonds is 7. The molecule has 0 atom stereocenters. The zero-order chi connectivity index (χ0) is 23.4. The van der Waals surface area contributed by atoms with E-state index < -0.39 is 14.8 Å². The SMILES string of the molecule is COc1ccccc1-c1cc(Nc2ccc(S(=O)(=O)c3ccc([N+](=O)[O-])cc3)cc2)ncn1. The van der Waals surface area contributed by atoms with E-state index in [1.54, 1.807) is 25.3 Å². The number of nitro groups is 1. The summed E-state index contributed by atoms with van der Waals surface area (Å²) in [5.41, 5.74) is 1.94. The van der Waals surface area contributed by atoms with Gasteiger partial charge in [0.25, 0.3) is 5.69 Å². The van der Waals surface area contributed by atoms with E-state index in [9.17, 15) is 18.5 Å². The Balaban J connectivity index is 1.55. The molecule has 1 N–H and O–H groups in total. The number of sulfone groups is 1. The Morgan fingerprint density at radius 1 is 0.909 bits per heavy atom. The first-order valence-electron chi connectivity index (χ1n) is 9.70. The molecule has 1 aromatic heterocycles. The van der Waals surface area contributed by atoms with Gasteiger partial charge in [0.15, 0.2) is 0 Å². The van der Waals surface area contributed by atoms with E-state index >= 15 is 0 Å². The normalized spacial score (nSPS) is 11.1. The predicted octanol–water partition coefficient (Wildman–Crippen LogP) is 4.64. The van der Waals surface area contributed by atoms with Crippen LogP contribution >= 0.6 is 0 Å².